The van der Waals surface area contributed by atoms with E-state index in [1.807, 2.05) is 12.1 Å². The van der Waals surface area contributed by atoms with Crippen LogP contribution in [-0.2, 0) is 9.47 Å². The van der Waals surface area contributed by atoms with Crippen molar-refractivity contribution in [3.8, 4) is 5.75 Å². The molecule has 0 spiro atoms. The van der Waals surface area contributed by atoms with E-state index in [0.29, 0.717) is 24.8 Å². The van der Waals surface area contributed by atoms with Crippen LogP contribution in [0.25, 0.3) is 11.0 Å². The number of morpholine rings is 1. The number of carbonyl (C=O) groups is 1. The average Bonchev–Trinajstić information content (AvgIpc) is 3.48. The Morgan fingerprint density at radius 3 is 2.53 bits per heavy atom. The molecule has 1 amide bonds. The molecule has 2 aliphatic heterocycles. The molecule has 3 aromatic rings. The molecule has 200 valence electrons. The number of hydrogen-bond acceptors (Lipinski definition) is 9. The Balaban J connectivity index is 1.04. The summed E-state index contributed by atoms with van der Waals surface area (Å²) in [5.41, 5.74) is 3.32. The van der Waals surface area contributed by atoms with Crippen LogP contribution in [0.2, 0.25) is 0 Å². The van der Waals surface area contributed by atoms with Gasteiger partial charge in [-0.15, -0.1) is 0 Å². The number of anilines is 2. The molecule has 1 aromatic carbocycles. The van der Waals surface area contributed by atoms with E-state index in [1.165, 1.54) is 0 Å². The fourth-order valence-electron chi connectivity index (χ4n) is 5.37. The summed E-state index contributed by atoms with van der Waals surface area (Å²) in [5, 5.41) is 6.53. The molecule has 1 saturated carbocycles. The van der Waals surface area contributed by atoms with E-state index in [-0.39, 0.29) is 18.1 Å². The number of amides is 1. The second-order valence-electron chi connectivity index (χ2n) is 10.2. The van der Waals surface area contributed by atoms with Crippen molar-refractivity contribution in [2.75, 3.05) is 49.7 Å². The van der Waals surface area contributed by atoms with E-state index in [4.69, 9.17) is 14.2 Å². The van der Waals surface area contributed by atoms with Crippen LogP contribution in [0.1, 0.15) is 42.5 Å². The quantitative estimate of drug-likeness (QED) is 0.487. The second kappa shape index (κ2) is 11.5. The zero-order valence-electron chi connectivity index (χ0n) is 21.5. The van der Waals surface area contributed by atoms with Crippen LogP contribution < -0.4 is 20.3 Å². The van der Waals surface area contributed by atoms with Crippen molar-refractivity contribution in [1.29, 1.82) is 0 Å². The fraction of sp³-hybridized carbons (Fsp3) is 0.500. The summed E-state index contributed by atoms with van der Waals surface area (Å²) < 4.78 is 17.4. The lowest BCUT2D eigenvalue weighted by Crippen LogP contribution is -2.36. The highest BCUT2D eigenvalue weighted by Gasteiger charge is 2.25. The number of pyridine rings is 1. The topological polar surface area (TPSA) is 111 Å². The molecule has 3 aliphatic rings. The first-order valence-corrected chi connectivity index (χ1v) is 13.6. The van der Waals surface area contributed by atoms with Gasteiger partial charge in [-0.05, 0) is 50.3 Å². The third-order valence-electron chi connectivity index (χ3n) is 7.51. The first-order chi connectivity index (χ1) is 18.7. The zero-order valence-corrected chi connectivity index (χ0v) is 21.5. The van der Waals surface area contributed by atoms with Crippen LogP contribution in [0.5, 0.6) is 5.75 Å². The maximum absolute atomic E-state index is 12.4. The minimum Gasteiger partial charge on any atom is -0.488 e. The fourth-order valence-corrected chi connectivity index (χ4v) is 5.37. The standard InChI is InChI=1S/C28H34N6O4/c35-28(33-21-7-12-37-18-21)19-1-6-26(31-17-19)32-20-2-4-23(5-3-20)38-25-16-22(34-10-13-36-14-11-34)15-24-27(25)30-9-8-29-24/h1,6,8-9,15-17,20-21,23H,2-5,7,10-14,18H2,(H,31,32)(H,33,35)/t20-,21-,23+/m0/s1. The number of rotatable bonds is 7. The normalized spacial score (nSPS) is 23.8. The van der Waals surface area contributed by atoms with Crippen molar-refractivity contribution < 1.29 is 19.0 Å². The molecule has 10 nitrogen and oxygen atoms in total. The van der Waals surface area contributed by atoms with Crippen molar-refractivity contribution in [3.05, 3.63) is 48.4 Å². The van der Waals surface area contributed by atoms with Gasteiger partial charge in [-0.3, -0.25) is 9.78 Å². The van der Waals surface area contributed by atoms with Gasteiger partial charge in [-0.1, -0.05) is 0 Å². The van der Waals surface area contributed by atoms with Crippen LogP contribution in [0, 0.1) is 0 Å². The SMILES string of the molecule is O=C(N[C@H]1CCOC1)c1ccc(N[C@H]2CC[C@@H](Oc3cc(N4CCOCC4)cc4nccnc34)CC2)nc1. The van der Waals surface area contributed by atoms with Gasteiger partial charge in [0.1, 0.15) is 17.1 Å². The minimum absolute atomic E-state index is 0.0876. The number of aromatic nitrogens is 3. The molecule has 4 heterocycles. The van der Waals surface area contributed by atoms with E-state index >= 15 is 0 Å². The van der Waals surface area contributed by atoms with E-state index in [2.05, 4.69) is 42.6 Å². The Kier molecular flexibility index (Phi) is 7.50. The zero-order chi connectivity index (χ0) is 25.7. The number of nitrogens with zero attached hydrogens (tertiary/aromatic N) is 4. The monoisotopic (exact) mass is 518 g/mol. The predicted molar refractivity (Wildman–Crippen MR) is 144 cm³/mol. The number of carbonyl (C=O) groups excluding carboxylic acids is 1. The van der Waals surface area contributed by atoms with Crippen LogP contribution in [0.3, 0.4) is 0 Å². The summed E-state index contributed by atoms with van der Waals surface area (Å²) in [4.78, 5) is 28.3. The molecule has 10 heteroatoms. The summed E-state index contributed by atoms with van der Waals surface area (Å²) in [6.45, 7) is 4.45. The third-order valence-corrected chi connectivity index (χ3v) is 7.51. The van der Waals surface area contributed by atoms with Gasteiger partial charge in [-0.2, -0.15) is 0 Å². The summed E-state index contributed by atoms with van der Waals surface area (Å²) in [5.74, 6) is 1.48. The first kappa shape index (κ1) is 24.8. The van der Waals surface area contributed by atoms with Crippen LogP contribution in [0.15, 0.2) is 42.9 Å². The van der Waals surface area contributed by atoms with Gasteiger partial charge in [0.2, 0.25) is 0 Å². The Labute approximate surface area is 222 Å². The molecular weight excluding hydrogens is 484 g/mol. The third kappa shape index (κ3) is 5.81. The lowest BCUT2D eigenvalue weighted by Gasteiger charge is -2.31. The van der Waals surface area contributed by atoms with Crippen LogP contribution in [0.4, 0.5) is 11.5 Å². The lowest BCUT2D eigenvalue weighted by atomic mass is 9.93. The molecule has 2 saturated heterocycles. The van der Waals surface area contributed by atoms with Gasteiger partial charge >= 0.3 is 0 Å². The molecule has 0 bridgehead atoms. The molecule has 0 unspecified atom stereocenters. The molecule has 38 heavy (non-hydrogen) atoms. The smallest absolute Gasteiger partial charge is 0.253 e. The highest BCUT2D eigenvalue weighted by atomic mass is 16.5. The summed E-state index contributed by atoms with van der Waals surface area (Å²) in [7, 11) is 0. The van der Waals surface area contributed by atoms with Crippen molar-refractivity contribution in [3.63, 3.8) is 0 Å². The predicted octanol–water partition coefficient (Wildman–Crippen LogP) is 3.18. The van der Waals surface area contributed by atoms with Crippen molar-refractivity contribution in [1.82, 2.24) is 20.3 Å². The number of ether oxygens (including phenoxy) is 3. The van der Waals surface area contributed by atoms with Gasteiger partial charge < -0.3 is 29.7 Å². The van der Waals surface area contributed by atoms with Crippen molar-refractivity contribution in [2.45, 2.75) is 50.3 Å². The van der Waals surface area contributed by atoms with Gasteiger partial charge in [0.15, 0.2) is 0 Å². The molecule has 0 radical (unpaired) electrons. The Morgan fingerprint density at radius 2 is 1.76 bits per heavy atom. The van der Waals surface area contributed by atoms with Crippen LogP contribution in [-0.4, -0.2) is 78.6 Å². The molecule has 6 rings (SSSR count). The van der Waals surface area contributed by atoms with E-state index in [1.54, 1.807) is 18.6 Å². The largest absolute Gasteiger partial charge is 0.488 e. The number of hydrogen-bond donors (Lipinski definition) is 2. The van der Waals surface area contributed by atoms with Gasteiger partial charge in [0.25, 0.3) is 5.91 Å². The molecule has 2 aromatic heterocycles. The molecule has 3 fully saturated rings. The second-order valence-corrected chi connectivity index (χ2v) is 10.2. The Morgan fingerprint density at radius 1 is 0.921 bits per heavy atom. The summed E-state index contributed by atoms with van der Waals surface area (Å²) in [6, 6.07) is 8.30. The summed E-state index contributed by atoms with van der Waals surface area (Å²) >= 11 is 0. The molecule has 1 atom stereocenters. The van der Waals surface area contributed by atoms with Crippen LogP contribution >= 0.6 is 0 Å². The minimum atomic E-state index is -0.105. The first-order valence-electron chi connectivity index (χ1n) is 13.6. The maximum Gasteiger partial charge on any atom is 0.253 e. The number of benzene rings is 1. The van der Waals surface area contributed by atoms with Crippen molar-refractivity contribution >= 4 is 28.4 Å². The molecule has 1 aliphatic carbocycles. The highest BCUT2D eigenvalue weighted by Crippen LogP contribution is 2.33. The van der Waals surface area contributed by atoms with Gasteiger partial charge in [-0.25, -0.2) is 9.97 Å². The highest BCUT2D eigenvalue weighted by molar-refractivity contribution is 5.94. The van der Waals surface area contributed by atoms with Gasteiger partial charge in [0.05, 0.1) is 43.0 Å². The lowest BCUT2D eigenvalue weighted by molar-refractivity contribution is 0.0929. The molecule has 2 N–H and O–H groups in total. The number of fused-ring (bicyclic) bond motifs is 1. The molecular formula is C28H34N6O4. The van der Waals surface area contributed by atoms with Gasteiger partial charge in [0, 0.05) is 56.1 Å². The van der Waals surface area contributed by atoms with E-state index in [9.17, 15) is 4.79 Å². The Bertz CT molecular complexity index is 1240. The van der Waals surface area contributed by atoms with E-state index in [0.717, 1.165) is 86.7 Å². The number of nitrogens with one attached hydrogen (secondary N) is 2. The van der Waals surface area contributed by atoms with Crippen molar-refractivity contribution in [2.24, 2.45) is 0 Å². The average molecular weight is 519 g/mol. The maximum atomic E-state index is 12.4. The summed E-state index contributed by atoms with van der Waals surface area (Å²) in [6.07, 6.45) is 9.88. The Hall–Kier alpha value is -3.50. The van der Waals surface area contributed by atoms with E-state index < -0.39 is 0 Å².